The van der Waals surface area contributed by atoms with Gasteiger partial charge in [0.15, 0.2) is 0 Å². The lowest BCUT2D eigenvalue weighted by molar-refractivity contribution is -0.119. The molecular formula is C9H19ClN2O. The van der Waals surface area contributed by atoms with Gasteiger partial charge in [-0.05, 0) is 32.4 Å². The molecule has 0 radical (unpaired) electrons. The number of carbonyl (C=O) groups excluding carboxylic acids is 1. The van der Waals surface area contributed by atoms with Crippen LogP contribution in [0.5, 0.6) is 0 Å². The average molecular weight is 207 g/mol. The van der Waals surface area contributed by atoms with Crippen molar-refractivity contribution in [3.8, 4) is 0 Å². The van der Waals surface area contributed by atoms with Crippen LogP contribution < -0.4 is 10.6 Å². The van der Waals surface area contributed by atoms with E-state index in [1.54, 1.807) is 0 Å². The molecule has 0 atom stereocenters. The number of hydrogen-bond donors (Lipinski definition) is 2. The first-order valence-electron chi connectivity index (χ1n) is 4.87. The molecule has 3 nitrogen and oxygen atoms in total. The van der Waals surface area contributed by atoms with Gasteiger partial charge in [0.1, 0.15) is 0 Å². The first kappa shape index (κ1) is 12.7. The fraction of sp³-hybridized carbons (Fsp3) is 0.889. The third kappa shape index (κ3) is 6.84. The molecule has 0 unspecified atom stereocenters. The van der Waals surface area contributed by atoms with Gasteiger partial charge >= 0.3 is 0 Å². The van der Waals surface area contributed by atoms with E-state index in [9.17, 15) is 4.79 Å². The maximum atomic E-state index is 10.1. The zero-order chi connectivity index (χ0) is 8.65. The van der Waals surface area contributed by atoms with E-state index in [4.69, 9.17) is 0 Å². The van der Waals surface area contributed by atoms with Crippen LogP contribution in [0.1, 0.15) is 32.1 Å². The van der Waals surface area contributed by atoms with Gasteiger partial charge in [0.2, 0.25) is 5.91 Å². The summed E-state index contributed by atoms with van der Waals surface area (Å²) in [6.07, 6.45) is 5.98. The summed E-state index contributed by atoms with van der Waals surface area (Å²) >= 11 is 0. The van der Waals surface area contributed by atoms with Gasteiger partial charge in [-0.25, -0.2) is 0 Å². The zero-order valence-corrected chi connectivity index (χ0v) is 8.79. The highest BCUT2D eigenvalue weighted by atomic mass is 35.5. The van der Waals surface area contributed by atoms with E-state index in [-0.39, 0.29) is 18.3 Å². The summed E-state index contributed by atoms with van der Waals surface area (Å²) in [5, 5.41) is 5.97. The third-order valence-electron chi connectivity index (χ3n) is 2.11. The fourth-order valence-electron chi connectivity index (χ4n) is 1.37. The third-order valence-corrected chi connectivity index (χ3v) is 2.11. The van der Waals surface area contributed by atoms with Crippen molar-refractivity contribution in [2.75, 3.05) is 19.6 Å². The lowest BCUT2D eigenvalue weighted by atomic mass is 10.2. The predicted molar refractivity (Wildman–Crippen MR) is 56.2 cm³/mol. The van der Waals surface area contributed by atoms with Crippen molar-refractivity contribution in [2.45, 2.75) is 32.1 Å². The largest absolute Gasteiger partial charge is 0.356 e. The molecule has 2 aliphatic rings. The number of nitrogens with one attached hydrogen (secondary N) is 2. The lowest BCUT2D eigenvalue weighted by Crippen LogP contribution is -2.21. The van der Waals surface area contributed by atoms with Gasteiger partial charge in [0, 0.05) is 13.0 Å². The van der Waals surface area contributed by atoms with Crippen LogP contribution >= 0.6 is 12.4 Å². The minimum atomic E-state index is 0. The highest BCUT2D eigenvalue weighted by Crippen LogP contribution is 1.96. The molecule has 0 bridgehead atoms. The lowest BCUT2D eigenvalue weighted by Gasteiger charge is -2.08. The Morgan fingerprint density at radius 3 is 1.77 bits per heavy atom. The van der Waals surface area contributed by atoms with Gasteiger partial charge in [0.25, 0.3) is 0 Å². The molecule has 4 heteroatoms. The monoisotopic (exact) mass is 206 g/mol. The molecule has 2 rings (SSSR count). The molecule has 13 heavy (non-hydrogen) atoms. The van der Waals surface area contributed by atoms with Gasteiger partial charge in [-0.1, -0.05) is 6.42 Å². The average Bonchev–Trinajstić information content (AvgIpc) is 2.60. The zero-order valence-electron chi connectivity index (χ0n) is 7.97. The molecule has 0 aromatic carbocycles. The van der Waals surface area contributed by atoms with Crippen LogP contribution in [0.4, 0.5) is 0 Å². The number of carbonyl (C=O) groups is 1. The van der Waals surface area contributed by atoms with Crippen LogP contribution in [0.15, 0.2) is 0 Å². The molecule has 0 aromatic rings. The normalized spacial score (nSPS) is 20.8. The van der Waals surface area contributed by atoms with Crippen molar-refractivity contribution in [3.63, 3.8) is 0 Å². The van der Waals surface area contributed by atoms with Gasteiger partial charge in [0.05, 0.1) is 0 Å². The smallest absolute Gasteiger partial charge is 0.220 e. The maximum absolute atomic E-state index is 10.1. The van der Waals surface area contributed by atoms with Crippen LogP contribution in [0.3, 0.4) is 0 Å². The van der Waals surface area contributed by atoms with Crippen molar-refractivity contribution in [1.29, 1.82) is 0 Å². The number of halogens is 1. The maximum Gasteiger partial charge on any atom is 0.220 e. The number of piperidine rings is 1. The highest BCUT2D eigenvalue weighted by molar-refractivity contribution is 5.85. The van der Waals surface area contributed by atoms with E-state index < -0.39 is 0 Å². The van der Waals surface area contributed by atoms with Crippen LogP contribution in [0.25, 0.3) is 0 Å². The Labute approximate surface area is 86.1 Å². The number of hydrogen-bond acceptors (Lipinski definition) is 2. The molecule has 0 spiro atoms. The SMILES string of the molecule is C1CCNCC1.Cl.O=C1CCCN1. The van der Waals surface area contributed by atoms with Crippen molar-refractivity contribution in [3.05, 3.63) is 0 Å². The van der Waals surface area contributed by atoms with Crippen LogP contribution in [0.2, 0.25) is 0 Å². The van der Waals surface area contributed by atoms with Crippen molar-refractivity contribution >= 4 is 18.3 Å². The molecule has 2 N–H and O–H groups in total. The van der Waals surface area contributed by atoms with Crippen molar-refractivity contribution < 1.29 is 4.79 Å². The Bertz CT molecular complexity index is 118. The minimum Gasteiger partial charge on any atom is -0.356 e. The molecule has 2 heterocycles. The van der Waals surface area contributed by atoms with Gasteiger partial charge in [-0.3, -0.25) is 4.79 Å². The fourth-order valence-corrected chi connectivity index (χ4v) is 1.37. The van der Waals surface area contributed by atoms with E-state index in [0.717, 1.165) is 19.4 Å². The number of amides is 1. The quantitative estimate of drug-likeness (QED) is 0.623. The van der Waals surface area contributed by atoms with Crippen LogP contribution in [-0.4, -0.2) is 25.5 Å². The second-order valence-corrected chi connectivity index (χ2v) is 3.26. The number of rotatable bonds is 0. The topological polar surface area (TPSA) is 41.1 Å². The van der Waals surface area contributed by atoms with E-state index in [1.165, 1.54) is 32.4 Å². The van der Waals surface area contributed by atoms with E-state index in [1.807, 2.05) is 0 Å². The van der Waals surface area contributed by atoms with Crippen molar-refractivity contribution in [2.24, 2.45) is 0 Å². The Morgan fingerprint density at radius 2 is 1.62 bits per heavy atom. The molecule has 0 saturated carbocycles. The summed E-state index contributed by atoms with van der Waals surface area (Å²) in [5.41, 5.74) is 0. The summed E-state index contributed by atoms with van der Waals surface area (Å²) in [5.74, 6) is 0.204. The summed E-state index contributed by atoms with van der Waals surface area (Å²) in [6, 6.07) is 0. The second-order valence-electron chi connectivity index (χ2n) is 3.26. The second kappa shape index (κ2) is 8.32. The van der Waals surface area contributed by atoms with E-state index in [2.05, 4.69) is 10.6 Å². The standard InChI is InChI=1S/C5H11N.C4H7NO.ClH/c1-2-4-6-5-3-1;6-4-2-1-3-5-4;/h6H,1-5H2;1-3H2,(H,5,6);1H. The molecule has 2 aliphatic heterocycles. The molecular weight excluding hydrogens is 188 g/mol. The van der Waals surface area contributed by atoms with Crippen LogP contribution in [0, 0.1) is 0 Å². The Kier molecular flexibility index (Phi) is 8.14. The Morgan fingerprint density at radius 1 is 0.923 bits per heavy atom. The molecule has 78 valence electrons. The van der Waals surface area contributed by atoms with E-state index >= 15 is 0 Å². The summed E-state index contributed by atoms with van der Waals surface area (Å²) in [4.78, 5) is 10.1. The summed E-state index contributed by atoms with van der Waals surface area (Å²) in [7, 11) is 0. The Balaban J connectivity index is 0.000000206. The molecule has 2 fully saturated rings. The van der Waals surface area contributed by atoms with Gasteiger partial charge in [-0.2, -0.15) is 0 Å². The highest BCUT2D eigenvalue weighted by Gasteiger charge is 2.05. The molecule has 0 aromatic heterocycles. The van der Waals surface area contributed by atoms with Crippen LogP contribution in [-0.2, 0) is 4.79 Å². The first-order chi connectivity index (χ1) is 5.89. The predicted octanol–water partition coefficient (Wildman–Crippen LogP) is 1.08. The minimum absolute atomic E-state index is 0. The Hall–Kier alpha value is -0.280. The molecule has 2 saturated heterocycles. The van der Waals surface area contributed by atoms with E-state index in [0.29, 0.717) is 0 Å². The molecule has 0 aliphatic carbocycles. The molecule has 1 amide bonds. The first-order valence-corrected chi connectivity index (χ1v) is 4.87. The van der Waals surface area contributed by atoms with Gasteiger partial charge < -0.3 is 10.6 Å². The summed E-state index contributed by atoms with van der Waals surface area (Å²) in [6.45, 7) is 3.39. The summed E-state index contributed by atoms with van der Waals surface area (Å²) < 4.78 is 0. The van der Waals surface area contributed by atoms with Gasteiger partial charge in [-0.15, -0.1) is 12.4 Å². The van der Waals surface area contributed by atoms with Crippen molar-refractivity contribution in [1.82, 2.24) is 10.6 Å².